The number of aryl methyl sites for hydroxylation is 2. The van der Waals surface area contributed by atoms with Crippen LogP contribution in [0.2, 0.25) is 0 Å². The van der Waals surface area contributed by atoms with E-state index < -0.39 is 5.91 Å². The fourth-order valence-electron chi connectivity index (χ4n) is 5.14. The first-order chi connectivity index (χ1) is 16.5. The van der Waals surface area contributed by atoms with Crippen LogP contribution in [-0.2, 0) is 17.8 Å². The maximum absolute atomic E-state index is 12.1. The monoisotopic (exact) mass is 461 g/mol. The van der Waals surface area contributed by atoms with Crippen LogP contribution in [0.5, 0.6) is 0 Å². The third-order valence-electron chi connectivity index (χ3n) is 6.89. The maximum Gasteiger partial charge on any atom is 0.248 e. The number of ether oxygens (including phenoxy) is 1. The summed E-state index contributed by atoms with van der Waals surface area (Å²) in [5, 5.41) is 17.5. The third kappa shape index (κ3) is 3.39. The van der Waals surface area contributed by atoms with Crippen molar-refractivity contribution in [3.8, 4) is 22.9 Å². The number of morpholine rings is 1. The molecule has 2 fully saturated rings. The molecule has 0 aliphatic carbocycles. The van der Waals surface area contributed by atoms with Gasteiger partial charge in [-0.1, -0.05) is 0 Å². The van der Waals surface area contributed by atoms with E-state index in [4.69, 9.17) is 15.5 Å². The van der Waals surface area contributed by atoms with Gasteiger partial charge in [0, 0.05) is 41.7 Å². The molecule has 2 aliphatic rings. The number of nitrogens with one attached hydrogen (secondary N) is 1. The Balaban J connectivity index is 1.36. The highest BCUT2D eigenvalue weighted by Crippen LogP contribution is 2.32. The van der Waals surface area contributed by atoms with Gasteiger partial charge < -0.3 is 10.5 Å². The lowest BCUT2D eigenvalue weighted by Crippen LogP contribution is -2.64. The van der Waals surface area contributed by atoms with Crippen molar-refractivity contribution in [2.45, 2.75) is 45.4 Å². The van der Waals surface area contributed by atoms with Crippen molar-refractivity contribution in [2.75, 3.05) is 19.8 Å². The Kier molecular flexibility index (Phi) is 4.96. The number of benzene rings is 1. The Labute approximate surface area is 195 Å². The lowest BCUT2D eigenvalue weighted by molar-refractivity contribution is -0.127. The number of fused-ring (bicyclic) bond motifs is 3. The number of hydrogen-bond acceptors (Lipinski definition) is 7. The van der Waals surface area contributed by atoms with E-state index in [2.05, 4.69) is 25.3 Å². The molecule has 3 aromatic heterocycles. The second kappa shape index (κ2) is 8.03. The number of amides is 1. The van der Waals surface area contributed by atoms with E-state index in [-0.39, 0.29) is 0 Å². The summed E-state index contributed by atoms with van der Waals surface area (Å²) in [4.78, 5) is 19.4. The van der Waals surface area contributed by atoms with Crippen LogP contribution in [-0.4, -0.2) is 77.4 Å². The van der Waals surface area contributed by atoms with Crippen LogP contribution in [0, 0.1) is 6.92 Å². The summed E-state index contributed by atoms with van der Waals surface area (Å²) >= 11 is 0. The summed E-state index contributed by atoms with van der Waals surface area (Å²) in [5.74, 6) is 0.609. The number of H-pyrrole nitrogens is 1. The molecule has 6 rings (SSSR count). The molecule has 2 unspecified atom stereocenters. The van der Waals surface area contributed by atoms with Gasteiger partial charge in [-0.2, -0.15) is 15.3 Å². The van der Waals surface area contributed by atoms with Gasteiger partial charge in [0.2, 0.25) is 5.91 Å². The Morgan fingerprint density at radius 1 is 1.21 bits per heavy atom. The van der Waals surface area contributed by atoms with Gasteiger partial charge in [0.05, 0.1) is 37.2 Å². The minimum atomic E-state index is -0.496. The lowest BCUT2D eigenvalue weighted by Gasteiger charge is -2.52. The largest absolute Gasteiger partial charge is 0.378 e. The molecular formula is C23H27N9O2. The molecule has 2 atom stereocenters. The molecule has 3 N–H and O–H groups in total. The molecule has 1 aromatic carbocycles. The number of rotatable bonds is 7. The minimum absolute atomic E-state index is 0.408. The molecule has 1 amide bonds. The minimum Gasteiger partial charge on any atom is -0.378 e. The molecule has 5 heterocycles. The van der Waals surface area contributed by atoms with Crippen molar-refractivity contribution in [3.63, 3.8) is 0 Å². The zero-order valence-corrected chi connectivity index (χ0v) is 19.2. The first-order valence-corrected chi connectivity index (χ1v) is 11.6. The topological polar surface area (TPSA) is 133 Å². The van der Waals surface area contributed by atoms with Crippen LogP contribution in [0.1, 0.15) is 29.4 Å². The number of carbonyl (C=O) groups excluding carboxylic acids is 1. The maximum atomic E-state index is 12.1. The van der Waals surface area contributed by atoms with Crippen molar-refractivity contribution in [1.82, 2.24) is 39.6 Å². The molecular weight excluding hydrogens is 434 g/mol. The molecule has 4 aromatic rings. The molecule has 34 heavy (non-hydrogen) atoms. The summed E-state index contributed by atoms with van der Waals surface area (Å²) in [7, 11) is 0. The van der Waals surface area contributed by atoms with Crippen LogP contribution in [0.15, 0.2) is 24.4 Å². The van der Waals surface area contributed by atoms with Gasteiger partial charge in [-0.25, -0.2) is 4.98 Å². The molecule has 2 saturated heterocycles. The average Bonchev–Trinajstić information content (AvgIpc) is 3.57. The van der Waals surface area contributed by atoms with Crippen molar-refractivity contribution in [3.05, 3.63) is 35.7 Å². The number of aromatic amines is 1. The fourth-order valence-corrected chi connectivity index (χ4v) is 5.14. The number of nitrogens with two attached hydrogens (primary N) is 1. The lowest BCUT2D eigenvalue weighted by atomic mass is 9.91. The van der Waals surface area contributed by atoms with E-state index in [1.54, 1.807) is 12.1 Å². The smallest absolute Gasteiger partial charge is 0.248 e. The highest BCUT2D eigenvalue weighted by molar-refractivity contribution is 6.02. The molecule has 176 valence electrons. The van der Waals surface area contributed by atoms with Gasteiger partial charge >= 0.3 is 0 Å². The average molecular weight is 462 g/mol. The van der Waals surface area contributed by atoms with Gasteiger partial charge in [-0.05, 0) is 38.5 Å². The van der Waals surface area contributed by atoms with E-state index in [0.29, 0.717) is 35.8 Å². The van der Waals surface area contributed by atoms with Gasteiger partial charge in [0.25, 0.3) is 0 Å². The van der Waals surface area contributed by atoms with Crippen molar-refractivity contribution in [1.29, 1.82) is 0 Å². The Bertz CT molecular complexity index is 1370. The number of primary amides is 1. The molecule has 11 heteroatoms. The van der Waals surface area contributed by atoms with Crippen molar-refractivity contribution >= 4 is 16.8 Å². The fraction of sp³-hybridized carbons (Fsp3) is 0.435. The quantitative estimate of drug-likeness (QED) is 0.427. The summed E-state index contributed by atoms with van der Waals surface area (Å²) in [5.41, 5.74) is 9.41. The number of hydrogen-bond donors (Lipinski definition) is 2. The van der Waals surface area contributed by atoms with E-state index in [9.17, 15) is 4.79 Å². The first-order valence-electron chi connectivity index (χ1n) is 11.6. The van der Waals surface area contributed by atoms with Crippen molar-refractivity contribution in [2.24, 2.45) is 5.73 Å². The predicted molar refractivity (Wildman–Crippen MR) is 125 cm³/mol. The number of aromatic nitrogens is 7. The molecule has 0 saturated carbocycles. The van der Waals surface area contributed by atoms with Crippen LogP contribution in [0.25, 0.3) is 33.8 Å². The van der Waals surface area contributed by atoms with Crippen LogP contribution < -0.4 is 5.73 Å². The van der Waals surface area contributed by atoms with E-state index in [1.807, 2.05) is 35.5 Å². The van der Waals surface area contributed by atoms with E-state index in [0.717, 1.165) is 54.2 Å². The van der Waals surface area contributed by atoms with Crippen LogP contribution in [0.3, 0.4) is 0 Å². The molecule has 2 bridgehead atoms. The second-order valence-corrected chi connectivity index (χ2v) is 9.00. The highest BCUT2D eigenvalue weighted by Gasteiger charge is 2.41. The van der Waals surface area contributed by atoms with Crippen LogP contribution in [0.4, 0.5) is 0 Å². The number of carbonyl (C=O) groups is 1. The zero-order valence-electron chi connectivity index (χ0n) is 19.2. The van der Waals surface area contributed by atoms with Gasteiger partial charge in [0.15, 0.2) is 11.6 Å². The van der Waals surface area contributed by atoms with Crippen molar-refractivity contribution < 1.29 is 9.53 Å². The highest BCUT2D eigenvalue weighted by atomic mass is 16.5. The third-order valence-corrected chi connectivity index (χ3v) is 6.89. The van der Waals surface area contributed by atoms with Crippen LogP contribution >= 0.6 is 0 Å². The first kappa shape index (κ1) is 21.0. The SMILES string of the molecule is CCn1nc(C)cc1-c1n[nH]c(-c2cc(C(N)=O)cc3c2cnn3CCN2C3COCC2C3)n1. The van der Waals surface area contributed by atoms with E-state index >= 15 is 0 Å². The Hall–Kier alpha value is -3.57. The van der Waals surface area contributed by atoms with Gasteiger partial charge in [-0.15, -0.1) is 0 Å². The van der Waals surface area contributed by atoms with Gasteiger partial charge in [0.1, 0.15) is 5.69 Å². The zero-order chi connectivity index (χ0) is 23.4. The molecule has 0 radical (unpaired) electrons. The summed E-state index contributed by atoms with van der Waals surface area (Å²) in [6, 6.07) is 6.52. The standard InChI is InChI=1S/C23H27N9O2/c1-3-31-20(6-13(2)29-31)23-26-22(27-28-23)17-7-14(21(24)33)8-19-18(17)10-25-32(19)5-4-30-15-9-16(30)12-34-11-15/h6-8,10,15-16H,3-5,9,11-12H2,1-2H3,(H2,24,33)(H,26,27,28). The Morgan fingerprint density at radius 2 is 2.03 bits per heavy atom. The Morgan fingerprint density at radius 3 is 2.76 bits per heavy atom. The summed E-state index contributed by atoms with van der Waals surface area (Å²) < 4.78 is 9.39. The summed E-state index contributed by atoms with van der Waals surface area (Å²) in [6.45, 7) is 7.89. The molecule has 0 spiro atoms. The van der Waals surface area contributed by atoms with E-state index in [1.165, 1.54) is 6.42 Å². The number of nitrogens with zero attached hydrogens (tertiary/aromatic N) is 7. The molecule has 2 aliphatic heterocycles. The normalized spacial score (nSPS) is 20.1. The second-order valence-electron chi connectivity index (χ2n) is 9.00. The molecule has 11 nitrogen and oxygen atoms in total. The van der Waals surface area contributed by atoms with Gasteiger partial charge in [-0.3, -0.25) is 24.2 Å². The summed E-state index contributed by atoms with van der Waals surface area (Å²) in [6.07, 6.45) is 3.03. The predicted octanol–water partition coefficient (Wildman–Crippen LogP) is 1.59.